The van der Waals surface area contributed by atoms with Crippen LogP contribution in [-0.4, -0.2) is 29.0 Å². The molecule has 1 N–H and O–H groups in total. The van der Waals surface area contributed by atoms with E-state index in [-0.39, 0.29) is 23.0 Å². The van der Waals surface area contributed by atoms with Gasteiger partial charge >= 0.3 is 0 Å². The number of hydrogen-bond acceptors (Lipinski definition) is 7. The van der Waals surface area contributed by atoms with Crippen LogP contribution in [0.1, 0.15) is 11.1 Å². The van der Waals surface area contributed by atoms with Gasteiger partial charge in [-0.05, 0) is 66.3 Å². The van der Waals surface area contributed by atoms with Gasteiger partial charge < -0.3 is 9.47 Å². The number of nitro benzene ring substituents is 1. The van der Waals surface area contributed by atoms with Crippen molar-refractivity contribution in [1.29, 1.82) is 0 Å². The maximum absolute atomic E-state index is 13.2. The molecule has 0 bridgehead atoms. The summed E-state index contributed by atoms with van der Waals surface area (Å²) in [5.74, 6) is -0.578. The first-order valence-electron chi connectivity index (χ1n) is 10.5. The van der Waals surface area contributed by atoms with E-state index in [1.54, 1.807) is 60.7 Å². The summed E-state index contributed by atoms with van der Waals surface area (Å²) < 4.78 is 11.2. The summed E-state index contributed by atoms with van der Waals surface area (Å²) in [6.45, 7) is -0.0532. The van der Waals surface area contributed by atoms with Crippen LogP contribution in [0.4, 0.5) is 11.4 Å². The Bertz CT molecular complexity index is 1410. The van der Waals surface area contributed by atoms with Gasteiger partial charge in [-0.1, -0.05) is 29.8 Å². The lowest BCUT2D eigenvalue weighted by molar-refractivity contribution is -0.385. The van der Waals surface area contributed by atoms with E-state index in [1.165, 1.54) is 24.2 Å². The average molecular weight is 524 g/mol. The van der Waals surface area contributed by atoms with Gasteiger partial charge in [0.2, 0.25) is 0 Å². The molecule has 0 radical (unpaired) electrons. The number of carbonyl (C=O) groups excluding carboxylic acids is 2. The number of anilines is 1. The molecule has 3 aromatic carbocycles. The molecule has 11 heteroatoms. The Morgan fingerprint density at radius 3 is 2.50 bits per heavy atom. The molecule has 0 unspecified atom stereocenters. The van der Waals surface area contributed by atoms with E-state index in [9.17, 15) is 19.7 Å². The molecule has 1 aliphatic heterocycles. The molecule has 0 saturated carbocycles. The zero-order chi connectivity index (χ0) is 25.8. The van der Waals surface area contributed by atoms with Gasteiger partial charge in [0.15, 0.2) is 16.6 Å². The molecule has 0 aliphatic carbocycles. The van der Waals surface area contributed by atoms with Gasteiger partial charge in [-0.25, -0.2) is 0 Å². The van der Waals surface area contributed by atoms with Gasteiger partial charge in [0.25, 0.3) is 17.5 Å². The molecule has 9 nitrogen and oxygen atoms in total. The van der Waals surface area contributed by atoms with Crippen molar-refractivity contribution < 1.29 is 24.0 Å². The molecule has 1 heterocycles. The minimum atomic E-state index is -0.633. The fourth-order valence-electron chi connectivity index (χ4n) is 3.51. The number of benzene rings is 3. The lowest BCUT2D eigenvalue weighted by Crippen LogP contribution is -2.54. The Morgan fingerprint density at radius 2 is 1.81 bits per heavy atom. The van der Waals surface area contributed by atoms with Gasteiger partial charge in [0.05, 0.1) is 23.3 Å². The SMILES string of the molecule is COc1cc(/C=C2\C(=O)NC(=S)N(c3ccc(Cl)cc3)C2=O)ccc1OCc1ccccc1[N+](=O)[O-]. The highest BCUT2D eigenvalue weighted by molar-refractivity contribution is 7.80. The zero-order valence-corrected chi connectivity index (χ0v) is 20.3. The number of nitrogens with zero attached hydrogens (tertiary/aromatic N) is 2. The van der Waals surface area contributed by atoms with Crippen LogP contribution in [0.2, 0.25) is 5.02 Å². The quantitative estimate of drug-likeness (QED) is 0.157. The second-order valence-corrected chi connectivity index (χ2v) is 8.34. The molecule has 0 spiro atoms. The lowest BCUT2D eigenvalue weighted by atomic mass is 10.1. The van der Waals surface area contributed by atoms with Crippen LogP contribution in [0.25, 0.3) is 6.08 Å². The minimum Gasteiger partial charge on any atom is -0.493 e. The smallest absolute Gasteiger partial charge is 0.276 e. The fraction of sp³-hybridized carbons (Fsp3) is 0.0800. The maximum atomic E-state index is 13.2. The predicted molar refractivity (Wildman–Crippen MR) is 138 cm³/mol. The van der Waals surface area contributed by atoms with Gasteiger partial charge in [-0.3, -0.25) is 29.9 Å². The second kappa shape index (κ2) is 10.5. The molecule has 0 aromatic heterocycles. The molecule has 36 heavy (non-hydrogen) atoms. The minimum absolute atomic E-state index is 0.0409. The van der Waals surface area contributed by atoms with Gasteiger partial charge in [-0.2, -0.15) is 0 Å². The average Bonchev–Trinajstić information content (AvgIpc) is 2.86. The van der Waals surface area contributed by atoms with E-state index in [4.69, 9.17) is 33.3 Å². The van der Waals surface area contributed by atoms with Crippen LogP contribution >= 0.6 is 23.8 Å². The van der Waals surface area contributed by atoms with E-state index < -0.39 is 16.7 Å². The molecule has 1 saturated heterocycles. The first-order chi connectivity index (χ1) is 17.3. The number of amides is 2. The second-order valence-electron chi connectivity index (χ2n) is 7.52. The molecule has 3 aromatic rings. The summed E-state index contributed by atoms with van der Waals surface area (Å²) in [7, 11) is 1.43. The van der Waals surface area contributed by atoms with Crippen molar-refractivity contribution in [3.63, 3.8) is 0 Å². The van der Waals surface area contributed by atoms with Crippen LogP contribution in [0.15, 0.2) is 72.3 Å². The first-order valence-corrected chi connectivity index (χ1v) is 11.3. The van der Waals surface area contributed by atoms with E-state index in [2.05, 4.69) is 5.32 Å². The highest BCUT2D eigenvalue weighted by Gasteiger charge is 2.34. The third-order valence-electron chi connectivity index (χ3n) is 5.26. The van der Waals surface area contributed by atoms with Crippen molar-refractivity contribution in [1.82, 2.24) is 5.32 Å². The molecule has 1 aliphatic rings. The number of halogens is 1. The van der Waals surface area contributed by atoms with Crippen LogP contribution in [0.3, 0.4) is 0 Å². The molecular weight excluding hydrogens is 506 g/mol. The Labute approximate surface area is 216 Å². The standard InChI is InChI=1S/C25H18ClN3O6S/c1-34-22-13-15(6-11-21(22)35-14-16-4-2-3-5-20(16)29(32)33)12-19-23(30)27-25(36)28(24(19)31)18-9-7-17(26)8-10-18/h2-13H,14H2,1H3,(H,27,30,36)/b19-12+. The van der Waals surface area contributed by atoms with Crippen molar-refractivity contribution >= 4 is 58.2 Å². The van der Waals surface area contributed by atoms with Crippen molar-refractivity contribution in [3.8, 4) is 11.5 Å². The third kappa shape index (κ3) is 5.19. The largest absolute Gasteiger partial charge is 0.493 e. The highest BCUT2D eigenvalue weighted by atomic mass is 35.5. The summed E-state index contributed by atoms with van der Waals surface area (Å²) in [4.78, 5) is 37.7. The van der Waals surface area contributed by atoms with Crippen molar-refractivity contribution in [2.45, 2.75) is 6.61 Å². The first kappa shape index (κ1) is 24.8. The normalized spacial score (nSPS) is 14.6. The summed E-state index contributed by atoms with van der Waals surface area (Å²) in [6.07, 6.45) is 1.41. The van der Waals surface area contributed by atoms with Crippen LogP contribution in [0, 0.1) is 10.1 Å². The third-order valence-corrected chi connectivity index (χ3v) is 5.79. The van der Waals surface area contributed by atoms with E-state index >= 15 is 0 Å². The number of para-hydroxylation sites is 1. The molecule has 1 fully saturated rings. The highest BCUT2D eigenvalue weighted by Crippen LogP contribution is 2.31. The molecular formula is C25H18ClN3O6S. The van der Waals surface area contributed by atoms with Crippen molar-refractivity contribution in [3.05, 3.63) is 98.6 Å². The number of methoxy groups -OCH3 is 1. The van der Waals surface area contributed by atoms with E-state index in [1.807, 2.05) is 0 Å². The number of rotatable bonds is 7. The van der Waals surface area contributed by atoms with Crippen LogP contribution in [0.5, 0.6) is 11.5 Å². The Morgan fingerprint density at radius 1 is 1.08 bits per heavy atom. The fourth-order valence-corrected chi connectivity index (χ4v) is 3.92. The van der Waals surface area contributed by atoms with Gasteiger partial charge in [0.1, 0.15) is 12.2 Å². The van der Waals surface area contributed by atoms with Crippen molar-refractivity contribution in [2.75, 3.05) is 12.0 Å². The topological polar surface area (TPSA) is 111 Å². The molecule has 0 atom stereocenters. The predicted octanol–water partition coefficient (Wildman–Crippen LogP) is 4.67. The summed E-state index contributed by atoms with van der Waals surface area (Å²) in [5.41, 5.74) is 1.17. The molecule has 4 rings (SSSR count). The Balaban J connectivity index is 1.59. The molecule has 2 amide bonds. The monoisotopic (exact) mass is 523 g/mol. The lowest BCUT2D eigenvalue weighted by Gasteiger charge is -2.29. The van der Waals surface area contributed by atoms with E-state index in [0.717, 1.165) is 0 Å². The zero-order valence-electron chi connectivity index (χ0n) is 18.8. The van der Waals surface area contributed by atoms with Crippen LogP contribution in [-0.2, 0) is 16.2 Å². The van der Waals surface area contributed by atoms with Gasteiger partial charge in [0, 0.05) is 11.1 Å². The number of hydrogen-bond donors (Lipinski definition) is 1. The molecule has 182 valence electrons. The number of nitrogens with one attached hydrogen (secondary N) is 1. The summed E-state index contributed by atoms with van der Waals surface area (Å²) >= 11 is 11.1. The number of carbonyl (C=O) groups is 2. The van der Waals surface area contributed by atoms with E-state index in [0.29, 0.717) is 33.3 Å². The van der Waals surface area contributed by atoms with Gasteiger partial charge in [-0.15, -0.1) is 0 Å². The maximum Gasteiger partial charge on any atom is 0.276 e. The number of ether oxygens (including phenoxy) is 2. The number of nitro groups is 1. The summed E-state index contributed by atoms with van der Waals surface area (Å²) in [6, 6.07) is 17.5. The Kier molecular flexibility index (Phi) is 7.28. The number of thiocarbonyl (C=S) groups is 1. The van der Waals surface area contributed by atoms with Crippen LogP contribution < -0.4 is 19.7 Å². The van der Waals surface area contributed by atoms with Crippen molar-refractivity contribution in [2.24, 2.45) is 0 Å². The summed E-state index contributed by atoms with van der Waals surface area (Å²) in [5, 5.41) is 14.2. The Hall–Kier alpha value is -4.28.